The second-order valence-corrected chi connectivity index (χ2v) is 10.9. The molecule has 2 aliphatic heterocycles. The summed E-state index contributed by atoms with van der Waals surface area (Å²) in [6.07, 6.45) is 4.28. The van der Waals surface area contributed by atoms with Crippen LogP contribution in [0.25, 0.3) is 0 Å². The molecule has 21 heavy (non-hydrogen) atoms. The Morgan fingerprint density at radius 1 is 1.38 bits per heavy atom. The number of nitrogens with one attached hydrogen (secondary N) is 1. The van der Waals surface area contributed by atoms with Crippen LogP contribution in [0.15, 0.2) is 14.1 Å². The molecule has 118 valence electrons. The summed E-state index contributed by atoms with van der Waals surface area (Å²) in [5, 5.41) is 3.89. The maximum absolute atomic E-state index is 12.8. The quantitative estimate of drug-likeness (QED) is 0.809. The number of rotatable bonds is 2. The molecule has 1 aromatic rings. The molecule has 4 nitrogen and oxygen atoms in total. The van der Waals surface area contributed by atoms with E-state index in [-0.39, 0.29) is 5.41 Å². The predicted octanol–water partition coefficient (Wildman–Crippen LogP) is 3.32. The van der Waals surface area contributed by atoms with Gasteiger partial charge in [0, 0.05) is 19.6 Å². The van der Waals surface area contributed by atoms with Crippen LogP contribution in [0.4, 0.5) is 0 Å². The lowest BCUT2D eigenvalue weighted by Crippen LogP contribution is -2.52. The van der Waals surface area contributed by atoms with Crippen molar-refractivity contribution in [3.63, 3.8) is 0 Å². The summed E-state index contributed by atoms with van der Waals surface area (Å²) >= 11 is 10.5. The van der Waals surface area contributed by atoms with Gasteiger partial charge >= 0.3 is 0 Å². The summed E-state index contributed by atoms with van der Waals surface area (Å²) in [6, 6.07) is 1.55. The van der Waals surface area contributed by atoms with Crippen LogP contribution >= 0.6 is 38.9 Å². The maximum atomic E-state index is 12.8. The fourth-order valence-electron chi connectivity index (χ4n) is 3.33. The van der Waals surface area contributed by atoms with Crippen molar-refractivity contribution in [1.29, 1.82) is 0 Å². The molecular weight excluding hydrogens is 396 g/mol. The average molecular weight is 414 g/mol. The highest BCUT2D eigenvalue weighted by Gasteiger charge is 2.41. The van der Waals surface area contributed by atoms with Gasteiger partial charge in [-0.2, -0.15) is 4.31 Å². The van der Waals surface area contributed by atoms with Crippen LogP contribution in [-0.2, 0) is 10.0 Å². The summed E-state index contributed by atoms with van der Waals surface area (Å²) in [6.45, 7) is 3.20. The molecule has 2 fully saturated rings. The minimum absolute atomic E-state index is 0.113. The largest absolute Gasteiger partial charge is 0.316 e. The molecule has 0 aromatic carbocycles. The zero-order chi connectivity index (χ0) is 15.1. The SMILES string of the molecule is O=S(=O)(c1cc(Cl)c(Br)s1)N1CCCC2(CCCNC2)C1. The van der Waals surface area contributed by atoms with Gasteiger partial charge in [-0.25, -0.2) is 8.42 Å². The molecule has 1 atom stereocenters. The Bertz CT molecular complexity index is 601. The van der Waals surface area contributed by atoms with E-state index >= 15 is 0 Å². The van der Waals surface area contributed by atoms with E-state index in [1.165, 1.54) is 11.3 Å². The lowest BCUT2D eigenvalue weighted by atomic mass is 9.75. The number of nitrogens with zero attached hydrogens (tertiary/aromatic N) is 1. The van der Waals surface area contributed by atoms with Crippen molar-refractivity contribution < 1.29 is 8.42 Å². The van der Waals surface area contributed by atoms with E-state index in [1.54, 1.807) is 10.4 Å². The van der Waals surface area contributed by atoms with Crippen molar-refractivity contribution in [1.82, 2.24) is 9.62 Å². The van der Waals surface area contributed by atoms with Crippen LogP contribution in [0.1, 0.15) is 25.7 Å². The molecule has 1 N–H and O–H groups in total. The number of piperidine rings is 2. The molecule has 0 amide bonds. The van der Waals surface area contributed by atoms with E-state index in [0.717, 1.165) is 38.8 Å². The molecule has 1 spiro atoms. The van der Waals surface area contributed by atoms with Crippen LogP contribution in [0.3, 0.4) is 0 Å². The minimum atomic E-state index is -3.43. The first kappa shape index (κ1) is 16.2. The summed E-state index contributed by atoms with van der Waals surface area (Å²) in [5.41, 5.74) is 0.113. The Kier molecular flexibility index (Phi) is 4.70. The number of hydrogen-bond donors (Lipinski definition) is 1. The fourth-order valence-corrected chi connectivity index (χ4v) is 7.47. The first-order valence-electron chi connectivity index (χ1n) is 7.09. The van der Waals surface area contributed by atoms with Crippen LogP contribution in [0, 0.1) is 5.41 Å². The summed E-state index contributed by atoms with van der Waals surface area (Å²) in [7, 11) is -3.43. The Labute approximate surface area is 143 Å². The normalized spacial score (nSPS) is 28.1. The number of hydrogen-bond acceptors (Lipinski definition) is 4. The molecule has 2 saturated heterocycles. The zero-order valence-electron chi connectivity index (χ0n) is 11.6. The Balaban J connectivity index is 1.85. The third-order valence-corrected chi connectivity index (χ3v) is 9.17. The Morgan fingerprint density at radius 2 is 2.14 bits per heavy atom. The smallest absolute Gasteiger partial charge is 0.252 e. The molecule has 3 heterocycles. The standard InChI is InChI=1S/C13H18BrClN2O2S2/c14-12-10(15)7-11(20-12)21(18,19)17-6-2-4-13(9-17)3-1-5-16-8-13/h7,16H,1-6,8-9H2. The molecule has 8 heteroatoms. The number of thiophene rings is 1. The van der Waals surface area contributed by atoms with Crippen molar-refractivity contribution >= 4 is 48.9 Å². The van der Waals surface area contributed by atoms with Gasteiger partial charge in [0.2, 0.25) is 0 Å². The lowest BCUT2D eigenvalue weighted by molar-refractivity contribution is 0.110. The highest BCUT2D eigenvalue weighted by Crippen LogP contribution is 2.40. The van der Waals surface area contributed by atoms with Crippen LogP contribution in [0.2, 0.25) is 5.02 Å². The number of sulfonamides is 1. The molecular formula is C13H18BrClN2O2S2. The van der Waals surface area contributed by atoms with Gasteiger partial charge in [0.05, 0.1) is 8.81 Å². The molecule has 0 radical (unpaired) electrons. The zero-order valence-corrected chi connectivity index (χ0v) is 15.5. The summed E-state index contributed by atoms with van der Waals surface area (Å²) < 4.78 is 28.3. The molecule has 1 aromatic heterocycles. The summed E-state index contributed by atoms with van der Waals surface area (Å²) in [5.74, 6) is 0. The predicted molar refractivity (Wildman–Crippen MR) is 89.6 cm³/mol. The minimum Gasteiger partial charge on any atom is -0.316 e. The van der Waals surface area contributed by atoms with Gasteiger partial charge in [-0.3, -0.25) is 0 Å². The van der Waals surface area contributed by atoms with Gasteiger partial charge in [0.15, 0.2) is 0 Å². The van der Waals surface area contributed by atoms with E-state index < -0.39 is 10.0 Å². The highest BCUT2D eigenvalue weighted by molar-refractivity contribution is 9.11. The van der Waals surface area contributed by atoms with Gasteiger partial charge in [-0.1, -0.05) is 11.6 Å². The van der Waals surface area contributed by atoms with Crippen molar-refractivity contribution in [3.05, 3.63) is 14.9 Å². The Morgan fingerprint density at radius 3 is 2.76 bits per heavy atom. The fraction of sp³-hybridized carbons (Fsp3) is 0.692. The van der Waals surface area contributed by atoms with Gasteiger partial charge < -0.3 is 5.32 Å². The first-order valence-corrected chi connectivity index (χ1v) is 10.5. The van der Waals surface area contributed by atoms with Gasteiger partial charge in [0.1, 0.15) is 4.21 Å². The maximum Gasteiger partial charge on any atom is 0.252 e. The van der Waals surface area contributed by atoms with Crippen LogP contribution < -0.4 is 5.32 Å². The first-order chi connectivity index (χ1) is 9.93. The molecule has 1 unspecified atom stereocenters. The van der Waals surface area contributed by atoms with E-state index in [2.05, 4.69) is 21.2 Å². The van der Waals surface area contributed by atoms with Gasteiger partial charge in [-0.15, -0.1) is 11.3 Å². The Hall–Kier alpha value is 0.340. The van der Waals surface area contributed by atoms with Crippen molar-refractivity contribution in [3.8, 4) is 0 Å². The third kappa shape index (κ3) is 3.19. The van der Waals surface area contributed by atoms with E-state index in [4.69, 9.17) is 11.6 Å². The molecule has 0 saturated carbocycles. The molecule has 2 aliphatic rings. The lowest BCUT2D eigenvalue weighted by Gasteiger charge is -2.44. The van der Waals surface area contributed by atoms with Gasteiger partial charge in [-0.05, 0) is 59.6 Å². The van der Waals surface area contributed by atoms with E-state index in [1.807, 2.05) is 0 Å². The van der Waals surface area contributed by atoms with Crippen LogP contribution in [0.5, 0.6) is 0 Å². The van der Waals surface area contributed by atoms with E-state index in [9.17, 15) is 8.42 Å². The second kappa shape index (κ2) is 6.09. The van der Waals surface area contributed by atoms with Crippen molar-refractivity contribution in [2.45, 2.75) is 29.9 Å². The molecule has 0 aliphatic carbocycles. The second-order valence-electron chi connectivity index (χ2n) is 5.91. The average Bonchev–Trinajstić information content (AvgIpc) is 2.80. The molecule has 0 bridgehead atoms. The van der Waals surface area contributed by atoms with Gasteiger partial charge in [0.25, 0.3) is 10.0 Å². The topological polar surface area (TPSA) is 49.4 Å². The third-order valence-electron chi connectivity index (χ3n) is 4.40. The van der Waals surface area contributed by atoms with Crippen LogP contribution in [-0.4, -0.2) is 38.9 Å². The van der Waals surface area contributed by atoms with Crippen molar-refractivity contribution in [2.75, 3.05) is 26.2 Å². The molecule has 3 rings (SSSR count). The van der Waals surface area contributed by atoms with E-state index in [0.29, 0.717) is 26.1 Å². The number of halogens is 2. The summed E-state index contributed by atoms with van der Waals surface area (Å²) in [4.78, 5) is 0. The highest BCUT2D eigenvalue weighted by atomic mass is 79.9. The van der Waals surface area contributed by atoms with Crippen molar-refractivity contribution in [2.24, 2.45) is 5.41 Å². The monoisotopic (exact) mass is 412 g/mol.